The number of hydrogen-bond acceptors (Lipinski definition) is 4. The van der Waals surface area contributed by atoms with Gasteiger partial charge in [-0.25, -0.2) is 0 Å². The minimum atomic E-state index is -0.190. The van der Waals surface area contributed by atoms with E-state index in [0.717, 1.165) is 0 Å². The number of ether oxygens (including phenoxy) is 1. The summed E-state index contributed by atoms with van der Waals surface area (Å²) in [5, 5.41) is 2.91. The van der Waals surface area contributed by atoms with Crippen LogP contribution in [0.15, 0.2) is 18.2 Å². The molecule has 5 heteroatoms. The van der Waals surface area contributed by atoms with Crippen LogP contribution in [0.3, 0.4) is 0 Å². The molecule has 1 unspecified atom stereocenters. The third-order valence-corrected chi connectivity index (χ3v) is 2.71. The number of nitrogen functional groups attached to an aromatic ring is 2. The number of carbonyl (C=O) groups is 1. The summed E-state index contributed by atoms with van der Waals surface area (Å²) < 4.78 is 5.09. The van der Waals surface area contributed by atoms with Crippen LogP contribution in [0, 0.1) is 5.92 Å². The molecule has 100 valence electrons. The van der Waals surface area contributed by atoms with Crippen LogP contribution in [0.4, 0.5) is 11.4 Å². The van der Waals surface area contributed by atoms with E-state index in [9.17, 15) is 4.79 Å². The molecule has 0 aliphatic rings. The Hall–Kier alpha value is -1.75. The molecule has 0 saturated carbocycles. The van der Waals surface area contributed by atoms with Gasteiger partial charge < -0.3 is 21.5 Å². The van der Waals surface area contributed by atoms with Crippen molar-refractivity contribution in [3.8, 4) is 0 Å². The Bertz CT molecular complexity index is 398. The average molecular weight is 251 g/mol. The number of methoxy groups -OCH3 is 1. The second-order valence-corrected chi connectivity index (χ2v) is 4.67. The van der Waals surface area contributed by atoms with E-state index in [4.69, 9.17) is 16.2 Å². The first-order valence-corrected chi connectivity index (χ1v) is 5.90. The van der Waals surface area contributed by atoms with E-state index in [1.165, 1.54) is 0 Å². The van der Waals surface area contributed by atoms with Crippen LogP contribution in [0.25, 0.3) is 0 Å². The number of rotatable bonds is 5. The standard InChI is InChI=1S/C13H21N3O2/c1-8(2)12(7-18-3)16-13(17)9-4-10(14)6-11(15)5-9/h4-6,8,12H,7,14-15H2,1-3H3,(H,16,17). The molecule has 1 aromatic rings. The van der Waals surface area contributed by atoms with Gasteiger partial charge in [0.25, 0.3) is 5.91 Å². The molecule has 1 aromatic carbocycles. The quantitative estimate of drug-likeness (QED) is 0.687. The number of hydrogen-bond donors (Lipinski definition) is 3. The Labute approximate surface area is 107 Å². The van der Waals surface area contributed by atoms with Crippen molar-refractivity contribution in [3.05, 3.63) is 23.8 Å². The summed E-state index contributed by atoms with van der Waals surface area (Å²) in [5.41, 5.74) is 12.7. The molecule has 0 aromatic heterocycles. The molecule has 0 radical (unpaired) electrons. The van der Waals surface area contributed by atoms with Crippen LogP contribution in [0.1, 0.15) is 24.2 Å². The van der Waals surface area contributed by atoms with Crippen LogP contribution in [0.5, 0.6) is 0 Å². The summed E-state index contributed by atoms with van der Waals surface area (Å²) in [6.07, 6.45) is 0. The zero-order valence-electron chi connectivity index (χ0n) is 11.1. The third kappa shape index (κ3) is 3.92. The van der Waals surface area contributed by atoms with Gasteiger partial charge >= 0.3 is 0 Å². The molecule has 5 nitrogen and oxygen atoms in total. The molecular weight excluding hydrogens is 230 g/mol. The number of nitrogens with two attached hydrogens (primary N) is 2. The molecule has 0 saturated heterocycles. The smallest absolute Gasteiger partial charge is 0.251 e. The van der Waals surface area contributed by atoms with E-state index in [-0.39, 0.29) is 17.9 Å². The van der Waals surface area contributed by atoms with Crippen molar-refractivity contribution in [1.29, 1.82) is 0 Å². The highest BCUT2D eigenvalue weighted by atomic mass is 16.5. The van der Waals surface area contributed by atoms with Crippen molar-refractivity contribution in [1.82, 2.24) is 5.32 Å². The Kier molecular flexibility index (Phi) is 4.97. The second kappa shape index (κ2) is 6.26. The number of amides is 1. The van der Waals surface area contributed by atoms with E-state index in [1.807, 2.05) is 13.8 Å². The van der Waals surface area contributed by atoms with Gasteiger partial charge in [-0.3, -0.25) is 4.79 Å². The SMILES string of the molecule is COCC(NC(=O)c1cc(N)cc(N)c1)C(C)C. The fraction of sp³-hybridized carbons (Fsp3) is 0.462. The predicted octanol–water partition coefficient (Wildman–Crippen LogP) is 1.25. The summed E-state index contributed by atoms with van der Waals surface area (Å²) in [7, 11) is 1.61. The molecule has 1 atom stereocenters. The van der Waals surface area contributed by atoms with Crippen molar-refractivity contribution >= 4 is 17.3 Å². The lowest BCUT2D eigenvalue weighted by Gasteiger charge is -2.21. The number of nitrogens with one attached hydrogen (secondary N) is 1. The molecule has 0 aliphatic carbocycles. The number of carbonyl (C=O) groups excluding carboxylic acids is 1. The normalized spacial score (nSPS) is 12.4. The van der Waals surface area contributed by atoms with Crippen molar-refractivity contribution < 1.29 is 9.53 Å². The lowest BCUT2D eigenvalue weighted by Crippen LogP contribution is -2.41. The molecule has 18 heavy (non-hydrogen) atoms. The van der Waals surface area contributed by atoms with E-state index in [1.54, 1.807) is 25.3 Å². The lowest BCUT2D eigenvalue weighted by atomic mass is 10.0. The molecule has 1 rings (SSSR count). The Balaban J connectivity index is 2.80. The zero-order valence-corrected chi connectivity index (χ0v) is 11.1. The molecule has 5 N–H and O–H groups in total. The highest BCUT2D eigenvalue weighted by Crippen LogP contribution is 2.14. The predicted molar refractivity (Wildman–Crippen MR) is 73.2 cm³/mol. The summed E-state index contributed by atoms with van der Waals surface area (Å²) in [4.78, 5) is 12.1. The molecule has 0 bridgehead atoms. The van der Waals surface area contributed by atoms with E-state index >= 15 is 0 Å². The third-order valence-electron chi connectivity index (χ3n) is 2.71. The van der Waals surface area contributed by atoms with Crippen LogP contribution in [-0.2, 0) is 4.74 Å². The van der Waals surface area contributed by atoms with Crippen LogP contribution < -0.4 is 16.8 Å². The first-order chi connectivity index (χ1) is 8.43. The number of benzene rings is 1. The first kappa shape index (κ1) is 14.3. The van der Waals surface area contributed by atoms with Crippen molar-refractivity contribution in [2.45, 2.75) is 19.9 Å². The second-order valence-electron chi connectivity index (χ2n) is 4.67. The molecule has 0 fully saturated rings. The minimum absolute atomic E-state index is 0.0369. The van der Waals surface area contributed by atoms with E-state index in [0.29, 0.717) is 23.5 Å². The maximum Gasteiger partial charge on any atom is 0.251 e. The molecule has 0 aliphatic heterocycles. The zero-order chi connectivity index (χ0) is 13.7. The fourth-order valence-electron chi connectivity index (χ4n) is 1.64. The Morgan fingerprint density at radius 2 is 1.83 bits per heavy atom. The van der Waals surface area contributed by atoms with Crippen LogP contribution in [-0.4, -0.2) is 25.7 Å². The van der Waals surface area contributed by atoms with Gasteiger partial charge in [-0.15, -0.1) is 0 Å². The Morgan fingerprint density at radius 3 is 2.28 bits per heavy atom. The molecule has 1 amide bonds. The van der Waals surface area contributed by atoms with Gasteiger partial charge in [-0.1, -0.05) is 13.8 Å². The van der Waals surface area contributed by atoms with Gasteiger partial charge in [0.15, 0.2) is 0 Å². The average Bonchev–Trinajstić information content (AvgIpc) is 2.26. The largest absolute Gasteiger partial charge is 0.399 e. The maximum absolute atomic E-state index is 12.1. The van der Waals surface area contributed by atoms with Gasteiger partial charge in [0.05, 0.1) is 12.6 Å². The van der Waals surface area contributed by atoms with Crippen LogP contribution >= 0.6 is 0 Å². The molecular formula is C13H21N3O2. The molecule has 0 spiro atoms. The van der Waals surface area contributed by atoms with E-state index in [2.05, 4.69) is 5.32 Å². The summed E-state index contributed by atoms with van der Waals surface area (Å²) >= 11 is 0. The van der Waals surface area contributed by atoms with Crippen LogP contribution in [0.2, 0.25) is 0 Å². The fourth-order valence-corrected chi connectivity index (χ4v) is 1.64. The topological polar surface area (TPSA) is 90.4 Å². The minimum Gasteiger partial charge on any atom is -0.399 e. The summed E-state index contributed by atoms with van der Waals surface area (Å²) in [6.45, 7) is 4.52. The highest BCUT2D eigenvalue weighted by molar-refractivity contribution is 5.96. The monoisotopic (exact) mass is 251 g/mol. The number of anilines is 2. The highest BCUT2D eigenvalue weighted by Gasteiger charge is 2.17. The van der Waals surface area contributed by atoms with Crippen molar-refractivity contribution in [2.24, 2.45) is 5.92 Å². The van der Waals surface area contributed by atoms with Gasteiger partial charge in [-0.05, 0) is 24.1 Å². The maximum atomic E-state index is 12.1. The lowest BCUT2D eigenvalue weighted by molar-refractivity contribution is 0.0866. The van der Waals surface area contributed by atoms with Gasteiger partial charge in [-0.2, -0.15) is 0 Å². The summed E-state index contributed by atoms with van der Waals surface area (Å²) in [5.74, 6) is 0.0945. The summed E-state index contributed by atoms with van der Waals surface area (Å²) in [6, 6.07) is 4.79. The first-order valence-electron chi connectivity index (χ1n) is 5.90. The van der Waals surface area contributed by atoms with E-state index < -0.39 is 0 Å². The van der Waals surface area contributed by atoms with Gasteiger partial charge in [0.1, 0.15) is 0 Å². The Morgan fingerprint density at radius 1 is 1.28 bits per heavy atom. The van der Waals surface area contributed by atoms with Crippen molar-refractivity contribution in [3.63, 3.8) is 0 Å². The van der Waals surface area contributed by atoms with Crippen molar-refractivity contribution in [2.75, 3.05) is 25.2 Å². The van der Waals surface area contributed by atoms with Gasteiger partial charge in [0.2, 0.25) is 0 Å². The van der Waals surface area contributed by atoms with Gasteiger partial charge in [0, 0.05) is 24.0 Å². The molecule has 0 heterocycles.